The molecule has 172 valence electrons. The quantitative estimate of drug-likeness (QED) is 0.567. The van der Waals surface area contributed by atoms with Crippen molar-refractivity contribution in [1.29, 1.82) is 0 Å². The van der Waals surface area contributed by atoms with Gasteiger partial charge in [-0.3, -0.25) is 14.1 Å². The van der Waals surface area contributed by atoms with Crippen LogP contribution >= 0.6 is 0 Å². The zero-order chi connectivity index (χ0) is 24.5. The van der Waals surface area contributed by atoms with E-state index in [1.54, 1.807) is 19.1 Å². The Morgan fingerprint density at radius 2 is 1.94 bits per heavy atom. The van der Waals surface area contributed by atoms with Crippen LogP contribution in [-0.2, 0) is 4.79 Å². The highest BCUT2D eigenvalue weighted by Crippen LogP contribution is 2.26. The van der Waals surface area contributed by atoms with Gasteiger partial charge in [0, 0.05) is 17.8 Å². The van der Waals surface area contributed by atoms with Gasteiger partial charge in [-0.15, -0.1) is 6.42 Å². The number of carbonyl (C=O) groups is 2. The second-order valence-corrected chi connectivity index (χ2v) is 9.29. The van der Waals surface area contributed by atoms with Gasteiger partial charge in [-0.05, 0) is 50.5 Å². The van der Waals surface area contributed by atoms with E-state index in [0.717, 1.165) is 33.2 Å². The topological polar surface area (TPSA) is 99.8 Å². The van der Waals surface area contributed by atoms with E-state index in [9.17, 15) is 14.7 Å². The van der Waals surface area contributed by atoms with Gasteiger partial charge in [0.15, 0.2) is 0 Å². The number of amides is 2. The third-order valence-electron chi connectivity index (χ3n) is 5.37. The van der Waals surface area contributed by atoms with Crippen LogP contribution in [0.4, 0.5) is 10.6 Å². The molecule has 8 heteroatoms. The van der Waals surface area contributed by atoms with E-state index in [2.05, 4.69) is 21.2 Å². The molecule has 0 radical (unpaired) electrons. The van der Waals surface area contributed by atoms with Crippen molar-refractivity contribution >= 4 is 23.5 Å². The zero-order valence-corrected chi connectivity index (χ0v) is 19.8. The molecule has 0 aliphatic rings. The largest absolute Gasteiger partial charge is 0.465 e. The van der Waals surface area contributed by atoms with Crippen molar-refractivity contribution in [1.82, 2.24) is 19.3 Å². The normalized spacial score (nSPS) is 12.3. The highest BCUT2D eigenvalue weighted by molar-refractivity contribution is 5.96. The molecule has 3 aromatic heterocycles. The van der Waals surface area contributed by atoms with Crippen LogP contribution in [0.15, 0.2) is 30.3 Å². The van der Waals surface area contributed by atoms with Crippen LogP contribution in [0.2, 0.25) is 0 Å². The van der Waals surface area contributed by atoms with Gasteiger partial charge in [-0.2, -0.15) is 0 Å². The number of aromatic nitrogens is 3. The van der Waals surface area contributed by atoms with E-state index in [1.807, 2.05) is 57.2 Å². The number of anilines is 1. The van der Waals surface area contributed by atoms with Gasteiger partial charge in [-0.25, -0.2) is 14.8 Å². The number of carbonyl (C=O) groups excluding carboxylic acids is 1. The number of aryl methyl sites for hydroxylation is 2. The molecule has 0 fully saturated rings. The number of fused-ring (bicyclic) bond motifs is 1. The van der Waals surface area contributed by atoms with Gasteiger partial charge >= 0.3 is 6.09 Å². The monoisotopic (exact) mass is 447 g/mol. The summed E-state index contributed by atoms with van der Waals surface area (Å²) in [6.07, 6.45) is 4.47. The Balaban J connectivity index is 1.98. The Morgan fingerprint density at radius 1 is 1.24 bits per heavy atom. The number of terminal acetylenes is 1. The van der Waals surface area contributed by atoms with Crippen molar-refractivity contribution < 1.29 is 14.7 Å². The fraction of sp³-hybridized carbons (Fsp3) is 0.360. The number of carboxylic acid groups (broad SMARTS) is 1. The number of nitrogens with zero attached hydrogens (tertiary/aromatic N) is 4. The Kier molecular flexibility index (Phi) is 6.45. The molecule has 33 heavy (non-hydrogen) atoms. The van der Waals surface area contributed by atoms with Crippen molar-refractivity contribution in [3.8, 4) is 23.6 Å². The van der Waals surface area contributed by atoms with Crippen LogP contribution in [0.5, 0.6) is 0 Å². The molecule has 8 nitrogen and oxygen atoms in total. The number of rotatable bonds is 5. The molecule has 0 aliphatic carbocycles. The highest BCUT2D eigenvalue weighted by atomic mass is 16.4. The molecule has 3 aromatic rings. The average molecular weight is 448 g/mol. The van der Waals surface area contributed by atoms with E-state index >= 15 is 0 Å². The summed E-state index contributed by atoms with van der Waals surface area (Å²) in [5.74, 6) is 2.30. The SMILES string of the molecule is C#Cc1cc(-c2cccc3nc(C)c(C)n23)cc(NC(=O)C(C)N(CC(C)(C)C)C(=O)O)n1. The van der Waals surface area contributed by atoms with Crippen molar-refractivity contribution in [3.05, 3.63) is 47.4 Å². The Hall–Kier alpha value is -3.86. The molecule has 3 heterocycles. The highest BCUT2D eigenvalue weighted by Gasteiger charge is 2.29. The van der Waals surface area contributed by atoms with Crippen molar-refractivity contribution in [2.45, 2.75) is 47.6 Å². The minimum atomic E-state index is -1.16. The first kappa shape index (κ1) is 23.8. The molecule has 0 bridgehead atoms. The number of pyridine rings is 2. The number of hydrogen-bond donors (Lipinski definition) is 2. The van der Waals surface area contributed by atoms with Gasteiger partial charge < -0.3 is 10.4 Å². The molecule has 2 N–H and O–H groups in total. The summed E-state index contributed by atoms with van der Waals surface area (Å²) < 4.78 is 2.02. The van der Waals surface area contributed by atoms with Crippen LogP contribution in [0.1, 0.15) is 44.8 Å². The number of hydrogen-bond acceptors (Lipinski definition) is 4. The average Bonchev–Trinajstić information content (AvgIpc) is 3.04. The molecule has 0 saturated heterocycles. The second kappa shape index (κ2) is 8.94. The number of nitrogens with one attached hydrogen (secondary N) is 1. The molecule has 1 unspecified atom stereocenters. The molecule has 2 amide bonds. The Morgan fingerprint density at radius 3 is 2.55 bits per heavy atom. The predicted octanol–water partition coefficient (Wildman–Crippen LogP) is 4.35. The fourth-order valence-corrected chi connectivity index (χ4v) is 3.65. The minimum absolute atomic E-state index is 0.210. The first-order valence-corrected chi connectivity index (χ1v) is 10.7. The molecule has 0 aromatic carbocycles. The summed E-state index contributed by atoms with van der Waals surface area (Å²) in [4.78, 5) is 34.7. The lowest BCUT2D eigenvalue weighted by Crippen LogP contribution is -2.48. The van der Waals surface area contributed by atoms with Gasteiger partial charge in [0.1, 0.15) is 23.2 Å². The van der Waals surface area contributed by atoms with Crippen LogP contribution in [-0.4, -0.2) is 49.0 Å². The van der Waals surface area contributed by atoms with Gasteiger partial charge in [-0.1, -0.05) is 32.8 Å². The standard InChI is InChI=1S/C25H29N5O3/c1-8-19-12-18(20-10-9-11-22-26-15(2)16(3)30(20)22)13-21(27-19)28-23(31)17(4)29(24(32)33)14-25(5,6)7/h1,9-13,17H,14H2,2-7H3,(H,32,33)(H,27,28,31). The lowest BCUT2D eigenvalue weighted by molar-refractivity contribution is -0.120. The van der Waals surface area contributed by atoms with E-state index in [1.165, 1.54) is 0 Å². The maximum absolute atomic E-state index is 12.9. The fourth-order valence-electron chi connectivity index (χ4n) is 3.65. The maximum atomic E-state index is 12.9. The summed E-state index contributed by atoms with van der Waals surface area (Å²) in [7, 11) is 0. The predicted molar refractivity (Wildman–Crippen MR) is 128 cm³/mol. The van der Waals surface area contributed by atoms with E-state index in [4.69, 9.17) is 6.42 Å². The Bertz CT molecular complexity index is 1260. The summed E-state index contributed by atoms with van der Waals surface area (Å²) in [5, 5.41) is 12.4. The van der Waals surface area contributed by atoms with E-state index < -0.39 is 18.0 Å². The van der Waals surface area contributed by atoms with Crippen molar-refractivity contribution in [3.63, 3.8) is 0 Å². The Labute approximate surface area is 193 Å². The maximum Gasteiger partial charge on any atom is 0.407 e. The van der Waals surface area contributed by atoms with Crippen LogP contribution in [0.25, 0.3) is 16.9 Å². The first-order valence-electron chi connectivity index (χ1n) is 10.7. The molecular weight excluding hydrogens is 418 g/mol. The molecule has 0 spiro atoms. The molecular formula is C25H29N5O3. The zero-order valence-electron chi connectivity index (χ0n) is 19.8. The summed E-state index contributed by atoms with van der Waals surface area (Å²) >= 11 is 0. The lowest BCUT2D eigenvalue weighted by Gasteiger charge is -2.31. The van der Waals surface area contributed by atoms with E-state index in [-0.39, 0.29) is 17.8 Å². The van der Waals surface area contributed by atoms with Gasteiger partial charge in [0.2, 0.25) is 5.91 Å². The lowest BCUT2D eigenvalue weighted by atomic mass is 9.95. The van der Waals surface area contributed by atoms with Crippen LogP contribution in [0, 0.1) is 31.6 Å². The number of imidazole rings is 1. The van der Waals surface area contributed by atoms with Crippen molar-refractivity contribution in [2.24, 2.45) is 5.41 Å². The first-order chi connectivity index (χ1) is 15.4. The molecule has 0 saturated carbocycles. The summed E-state index contributed by atoms with van der Waals surface area (Å²) in [6, 6.07) is 8.36. The smallest absolute Gasteiger partial charge is 0.407 e. The minimum Gasteiger partial charge on any atom is -0.465 e. The molecule has 1 atom stereocenters. The van der Waals surface area contributed by atoms with E-state index in [0.29, 0.717) is 5.69 Å². The summed E-state index contributed by atoms with van der Waals surface area (Å²) in [5.41, 5.74) is 4.39. The second-order valence-electron chi connectivity index (χ2n) is 9.29. The third-order valence-corrected chi connectivity index (χ3v) is 5.37. The van der Waals surface area contributed by atoms with Crippen molar-refractivity contribution in [2.75, 3.05) is 11.9 Å². The van der Waals surface area contributed by atoms with Gasteiger partial charge in [0.25, 0.3) is 0 Å². The van der Waals surface area contributed by atoms with Gasteiger partial charge in [0.05, 0.1) is 11.4 Å². The summed E-state index contributed by atoms with van der Waals surface area (Å²) in [6.45, 7) is 11.4. The molecule has 3 rings (SSSR count). The van der Waals surface area contributed by atoms with Crippen LogP contribution < -0.4 is 5.32 Å². The molecule has 0 aliphatic heterocycles. The van der Waals surface area contributed by atoms with Crippen LogP contribution in [0.3, 0.4) is 0 Å². The third kappa shape index (κ3) is 5.14.